The van der Waals surface area contributed by atoms with E-state index in [1.165, 1.54) is 12.8 Å². The predicted molar refractivity (Wildman–Crippen MR) is 67.2 cm³/mol. The molecule has 0 aromatic carbocycles. The molecule has 0 bridgehead atoms. The SMILES string of the molecule is CCOC(=O)CC(=O)CN(CCO)C1CCCC1. The van der Waals surface area contributed by atoms with Crippen LogP contribution >= 0.6 is 0 Å². The Morgan fingerprint density at radius 1 is 1.33 bits per heavy atom. The van der Waals surface area contributed by atoms with Crippen LogP contribution in [0, 0.1) is 0 Å². The summed E-state index contributed by atoms with van der Waals surface area (Å²) in [7, 11) is 0. The van der Waals surface area contributed by atoms with Crippen molar-refractivity contribution < 1.29 is 19.4 Å². The highest BCUT2D eigenvalue weighted by atomic mass is 16.5. The lowest BCUT2D eigenvalue weighted by atomic mass is 10.2. The molecule has 0 aromatic heterocycles. The molecule has 1 rings (SSSR count). The fraction of sp³-hybridized carbons (Fsp3) is 0.846. The van der Waals surface area contributed by atoms with E-state index in [1.807, 2.05) is 4.90 Å². The van der Waals surface area contributed by atoms with Gasteiger partial charge in [-0.3, -0.25) is 14.5 Å². The third-order valence-electron chi connectivity index (χ3n) is 3.25. The smallest absolute Gasteiger partial charge is 0.313 e. The van der Waals surface area contributed by atoms with Crippen LogP contribution in [0.4, 0.5) is 0 Å². The molecule has 5 nitrogen and oxygen atoms in total. The molecule has 0 aliphatic heterocycles. The molecular weight excluding hydrogens is 234 g/mol. The number of esters is 1. The minimum atomic E-state index is -0.460. The van der Waals surface area contributed by atoms with Gasteiger partial charge in [-0.15, -0.1) is 0 Å². The Kier molecular flexibility index (Phi) is 6.90. The van der Waals surface area contributed by atoms with Gasteiger partial charge in [0.1, 0.15) is 6.42 Å². The maximum atomic E-state index is 11.7. The van der Waals surface area contributed by atoms with Crippen LogP contribution in [0.15, 0.2) is 0 Å². The Morgan fingerprint density at radius 2 is 2.00 bits per heavy atom. The number of nitrogens with zero attached hydrogens (tertiary/aromatic N) is 1. The van der Waals surface area contributed by atoms with E-state index >= 15 is 0 Å². The van der Waals surface area contributed by atoms with Gasteiger partial charge in [0.2, 0.25) is 0 Å². The minimum absolute atomic E-state index is 0.0448. The van der Waals surface area contributed by atoms with E-state index in [0.717, 1.165) is 12.8 Å². The van der Waals surface area contributed by atoms with Crippen LogP contribution < -0.4 is 0 Å². The van der Waals surface area contributed by atoms with Gasteiger partial charge in [-0.1, -0.05) is 12.8 Å². The first-order valence-corrected chi connectivity index (χ1v) is 6.69. The maximum absolute atomic E-state index is 11.7. The molecule has 1 N–H and O–H groups in total. The summed E-state index contributed by atoms with van der Waals surface area (Å²) >= 11 is 0. The van der Waals surface area contributed by atoms with Crippen molar-refractivity contribution in [2.75, 3.05) is 26.3 Å². The second kappa shape index (κ2) is 8.21. The number of ketones is 1. The van der Waals surface area contributed by atoms with Crippen LogP contribution in [0.25, 0.3) is 0 Å². The first-order chi connectivity index (χ1) is 8.67. The number of aliphatic hydroxyl groups excluding tert-OH is 1. The number of hydrogen-bond donors (Lipinski definition) is 1. The summed E-state index contributed by atoms with van der Waals surface area (Å²) in [5, 5.41) is 9.03. The monoisotopic (exact) mass is 257 g/mol. The second-order valence-electron chi connectivity index (χ2n) is 4.65. The summed E-state index contributed by atoms with van der Waals surface area (Å²) in [4.78, 5) is 24.9. The molecule has 1 saturated carbocycles. The third kappa shape index (κ3) is 5.14. The van der Waals surface area contributed by atoms with Crippen LogP contribution in [0.3, 0.4) is 0 Å². The first kappa shape index (κ1) is 15.1. The third-order valence-corrected chi connectivity index (χ3v) is 3.25. The number of carbonyl (C=O) groups excluding carboxylic acids is 2. The molecule has 0 saturated heterocycles. The van der Waals surface area contributed by atoms with Crippen LogP contribution in [0.2, 0.25) is 0 Å². The molecule has 1 fully saturated rings. The van der Waals surface area contributed by atoms with E-state index in [4.69, 9.17) is 9.84 Å². The summed E-state index contributed by atoms with van der Waals surface area (Å²) in [5.74, 6) is -0.591. The van der Waals surface area contributed by atoms with Crippen molar-refractivity contribution in [3.8, 4) is 0 Å². The zero-order valence-corrected chi connectivity index (χ0v) is 11.1. The summed E-state index contributed by atoms with van der Waals surface area (Å²) < 4.78 is 4.75. The highest BCUT2D eigenvalue weighted by Gasteiger charge is 2.24. The average Bonchev–Trinajstić information content (AvgIpc) is 2.81. The van der Waals surface area contributed by atoms with E-state index < -0.39 is 5.97 Å². The van der Waals surface area contributed by atoms with E-state index in [-0.39, 0.29) is 25.4 Å². The highest BCUT2D eigenvalue weighted by molar-refractivity contribution is 5.96. The van der Waals surface area contributed by atoms with Crippen LogP contribution in [-0.4, -0.2) is 54.1 Å². The van der Waals surface area contributed by atoms with Gasteiger partial charge < -0.3 is 9.84 Å². The van der Waals surface area contributed by atoms with Gasteiger partial charge >= 0.3 is 5.97 Å². The quantitative estimate of drug-likeness (QED) is 0.513. The molecular formula is C13H23NO4. The largest absolute Gasteiger partial charge is 0.466 e. The molecule has 0 spiro atoms. The molecule has 18 heavy (non-hydrogen) atoms. The summed E-state index contributed by atoms with van der Waals surface area (Å²) in [5.41, 5.74) is 0. The zero-order valence-electron chi connectivity index (χ0n) is 11.1. The number of rotatable bonds is 8. The average molecular weight is 257 g/mol. The Balaban J connectivity index is 2.39. The summed E-state index contributed by atoms with van der Waals surface area (Å²) in [6.07, 6.45) is 4.35. The Morgan fingerprint density at radius 3 is 2.56 bits per heavy atom. The van der Waals surface area contributed by atoms with Gasteiger partial charge in [0, 0.05) is 12.6 Å². The molecule has 5 heteroatoms. The van der Waals surface area contributed by atoms with Crippen molar-refractivity contribution in [3.05, 3.63) is 0 Å². The van der Waals surface area contributed by atoms with Crippen molar-refractivity contribution >= 4 is 11.8 Å². The Hall–Kier alpha value is -0.940. The lowest BCUT2D eigenvalue weighted by Gasteiger charge is -2.27. The van der Waals surface area contributed by atoms with Crippen LogP contribution in [0.1, 0.15) is 39.0 Å². The van der Waals surface area contributed by atoms with Gasteiger partial charge in [-0.2, -0.15) is 0 Å². The van der Waals surface area contributed by atoms with Gasteiger partial charge in [-0.05, 0) is 19.8 Å². The van der Waals surface area contributed by atoms with Crippen molar-refractivity contribution in [2.24, 2.45) is 0 Å². The molecule has 1 aliphatic carbocycles. The number of carbonyl (C=O) groups is 2. The molecule has 0 radical (unpaired) electrons. The molecule has 104 valence electrons. The lowest BCUT2D eigenvalue weighted by molar-refractivity contribution is -0.145. The first-order valence-electron chi connectivity index (χ1n) is 6.69. The Bertz CT molecular complexity index is 274. The van der Waals surface area contributed by atoms with Crippen molar-refractivity contribution in [2.45, 2.75) is 45.1 Å². The van der Waals surface area contributed by atoms with Gasteiger partial charge in [0.05, 0.1) is 19.8 Å². The molecule has 0 amide bonds. The Labute approximate surface area is 108 Å². The van der Waals surface area contributed by atoms with Crippen molar-refractivity contribution in [1.82, 2.24) is 4.90 Å². The summed E-state index contributed by atoms with van der Waals surface area (Å²) in [6.45, 7) is 2.81. The molecule has 0 unspecified atom stereocenters. The number of hydrogen-bond acceptors (Lipinski definition) is 5. The number of aliphatic hydroxyl groups is 1. The van der Waals surface area contributed by atoms with E-state index in [0.29, 0.717) is 19.2 Å². The van der Waals surface area contributed by atoms with Crippen LogP contribution in [-0.2, 0) is 14.3 Å². The number of Topliss-reactive ketones (excluding diaryl/α,β-unsaturated/α-hetero) is 1. The van der Waals surface area contributed by atoms with Gasteiger partial charge in [0.25, 0.3) is 0 Å². The molecule has 0 heterocycles. The highest BCUT2D eigenvalue weighted by Crippen LogP contribution is 2.23. The van der Waals surface area contributed by atoms with Crippen molar-refractivity contribution in [1.29, 1.82) is 0 Å². The maximum Gasteiger partial charge on any atom is 0.313 e. The zero-order chi connectivity index (χ0) is 13.4. The molecule has 0 aromatic rings. The molecule has 1 aliphatic rings. The topological polar surface area (TPSA) is 66.8 Å². The van der Waals surface area contributed by atoms with E-state index in [2.05, 4.69) is 0 Å². The fourth-order valence-corrected chi connectivity index (χ4v) is 2.44. The van der Waals surface area contributed by atoms with E-state index in [1.54, 1.807) is 6.92 Å². The standard InChI is InChI=1S/C13H23NO4/c1-2-18-13(17)9-12(16)10-14(7-8-15)11-5-3-4-6-11/h11,15H,2-10H2,1H3. The van der Waals surface area contributed by atoms with Gasteiger partial charge in [0.15, 0.2) is 5.78 Å². The predicted octanol–water partition coefficient (Wildman–Crippen LogP) is 0.746. The van der Waals surface area contributed by atoms with E-state index in [9.17, 15) is 9.59 Å². The van der Waals surface area contributed by atoms with Gasteiger partial charge in [-0.25, -0.2) is 0 Å². The van der Waals surface area contributed by atoms with Crippen molar-refractivity contribution in [3.63, 3.8) is 0 Å². The molecule has 0 atom stereocenters. The lowest BCUT2D eigenvalue weighted by Crippen LogP contribution is -2.40. The normalized spacial score (nSPS) is 16.2. The minimum Gasteiger partial charge on any atom is -0.466 e. The number of ether oxygens (including phenoxy) is 1. The second-order valence-corrected chi connectivity index (χ2v) is 4.65. The fourth-order valence-electron chi connectivity index (χ4n) is 2.44. The summed E-state index contributed by atoms with van der Waals surface area (Å²) in [6, 6.07) is 0.378. The van der Waals surface area contributed by atoms with Crippen LogP contribution in [0.5, 0.6) is 0 Å².